The summed E-state index contributed by atoms with van der Waals surface area (Å²) in [5.41, 5.74) is 1.38. The van der Waals surface area contributed by atoms with Gasteiger partial charge in [0.05, 0.1) is 11.4 Å². The SMILES string of the molecule is CNCCCNC(=O)c1nnn(-c2ccc(OC(F)F)cc2)c1C.Cl. The molecule has 0 saturated heterocycles. The average Bonchev–Trinajstić information content (AvgIpc) is 2.93. The molecule has 2 rings (SSSR count). The fourth-order valence-corrected chi connectivity index (χ4v) is 2.10. The van der Waals surface area contributed by atoms with Crippen LogP contribution in [0.1, 0.15) is 22.6 Å². The highest BCUT2D eigenvalue weighted by Gasteiger charge is 2.17. The average molecular weight is 376 g/mol. The molecule has 2 aromatic rings. The highest BCUT2D eigenvalue weighted by molar-refractivity contribution is 5.93. The Hall–Kier alpha value is -2.26. The van der Waals surface area contributed by atoms with E-state index < -0.39 is 6.61 Å². The van der Waals surface area contributed by atoms with E-state index in [1.165, 1.54) is 16.8 Å². The molecule has 0 unspecified atom stereocenters. The van der Waals surface area contributed by atoms with Crippen molar-refractivity contribution in [1.29, 1.82) is 0 Å². The quantitative estimate of drug-likeness (QED) is 0.689. The van der Waals surface area contributed by atoms with E-state index >= 15 is 0 Å². The molecule has 1 aromatic carbocycles. The molecule has 0 atom stereocenters. The summed E-state index contributed by atoms with van der Waals surface area (Å²) in [6, 6.07) is 5.93. The minimum atomic E-state index is -2.87. The fourth-order valence-electron chi connectivity index (χ4n) is 2.10. The molecule has 0 spiro atoms. The molecule has 0 aliphatic rings. The van der Waals surface area contributed by atoms with Crippen LogP contribution in [0.4, 0.5) is 8.78 Å². The topological polar surface area (TPSA) is 81.1 Å². The van der Waals surface area contributed by atoms with E-state index in [1.807, 2.05) is 7.05 Å². The minimum absolute atomic E-state index is 0. The maximum Gasteiger partial charge on any atom is 0.387 e. The van der Waals surface area contributed by atoms with Crippen LogP contribution in [0.3, 0.4) is 0 Å². The first-order valence-electron chi connectivity index (χ1n) is 7.43. The smallest absolute Gasteiger partial charge is 0.387 e. The van der Waals surface area contributed by atoms with Gasteiger partial charge in [0, 0.05) is 6.54 Å². The Kier molecular flexibility index (Phi) is 8.23. The second kappa shape index (κ2) is 9.90. The van der Waals surface area contributed by atoms with Crippen molar-refractivity contribution in [2.75, 3.05) is 20.1 Å². The Morgan fingerprint density at radius 2 is 1.96 bits per heavy atom. The molecule has 2 N–H and O–H groups in total. The molecule has 0 radical (unpaired) electrons. The van der Waals surface area contributed by atoms with Gasteiger partial charge >= 0.3 is 6.61 Å². The van der Waals surface area contributed by atoms with Crippen LogP contribution in [0.25, 0.3) is 5.69 Å². The predicted molar refractivity (Wildman–Crippen MR) is 90.9 cm³/mol. The Balaban J connectivity index is 0.00000312. The number of hydrogen-bond donors (Lipinski definition) is 2. The molecule has 25 heavy (non-hydrogen) atoms. The Morgan fingerprint density at radius 1 is 1.28 bits per heavy atom. The Bertz CT molecular complexity index is 679. The van der Waals surface area contributed by atoms with Crippen LogP contribution in [0, 0.1) is 6.92 Å². The fraction of sp³-hybridized carbons (Fsp3) is 0.400. The largest absolute Gasteiger partial charge is 0.435 e. The first kappa shape index (κ1) is 20.8. The maximum atomic E-state index is 12.2. The third-order valence-corrected chi connectivity index (χ3v) is 3.31. The van der Waals surface area contributed by atoms with Crippen LogP contribution >= 0.6 is 12.4 Å². The molecule has 1 aromatic heterocycles. The van der Waals surface area contributed by atoms with Crippen LogP contribution in [0.2, 0.25) is 0 Å². The van der Waals surface area contributed by atoms with E-state index in [2.05, 4.69) is 25.7 Å². The minimum Gasteiger partial charge on any atom is -0.435 e. The highest BCUT2D eigenvalue weighted by atomic mass is 35.5. The number of alkyl halides is 2. The number of rotatable bonds is 8. The summed E-state index contributed by atoms with van der Waals surface area (Å²) < 4.78 is 30.1. The van der Waals surface area contributed by atoms with Gasteiger partial charge in [0.1, 0.15) is 5.75 Å². The van der Waals surface area contributed by atoms with E-state index in [0.29, 0.717) is 17.9 Å². The molecule has 0 aliphatic heterocycles. The summed E-state index contributed by atoms with van der Waals surface area (Å²) in [7, 11) is 1.84. The number of benzene rings is 1. The van der Waals surface area contributed by atoms with E-state index in [0.717, 1.165) is 13.0 Å². The third kappa shape index (κ3) is 5.64. The molecular formula is C15H20ClF2N5O2. The van der Waals surface area contributed by atoms with Crippen molar-refractivity contribution < 1.29 is 18.3 Å². The van der Waals surface area contributed by atoms with Crippen LogP contribution < -0.4 is 15.4 Å². The van der Waals surface area contributed by atoms with Crippen LogP contribution in [0.15, 0.2) is 24.3 Å². The summed E-state index contributed by atoms with van der Waals surface area (Å²) >= 11 is 0. The van der Waals surface area contributed by atoms with Gasteiger partial charge in [-0.05, 0) is 51.2 Å². The second-order valence-corrected chi connectivity index (χ2v) is 5.02. The number of aromatic nitrogens is 3. The van der Waals surface area contributed by atoms with Gasteiger partial charge in [0.2, 0.25) is 0 Å². The monoisotopic (exact) mass is 375 g/mol. The number of nitrogens with zero attached hydrogens (tertiary/aromatic N) is 3. The summed E-state index contributed by atoms with van der Waals surface area (Å²) in [5, 5.41) is 13.6. The summed E-state index contributed by atoms with van der Waals surface area (Å²) in [5.74, 6) is -0.249. The van der Waals surface area contributed by atoms with E-state index in [4.69, 9.17) is 0 Å². The lowest BCUT2D eigenvalue weighted by atomic mass is 10.2. The van der Waals surface area contributed by atoms with Crippen molar-refractivity contribution >= 4 is 18.3 Å². The number of carbonyl (C=O) groups excluding carboxylic acids is 1. The molecule has 0 fully saturated rings. The number of amides is 1. The lowest BCUT2D eigenvalue weighted by Crippen LogP contribution is -2.27. The van der Waals surface area contributed by atoms with Crippen LogP contribution in [-0.2, 0) is 0 Å². The Morgan fingerprint density at radius 3 is 2.56 bits per heavy atom. The number of halogens is 3. The van der Waals surface area contributed by atoms with Crippen molar-refractivity contribution in [2.24, 2.45) is 0 Å². The molecule has 0 aliphatic carbocycles. The standard InChI is InChI=1S/C15H19F2N5O2.ClH/c1-10-13(14(23)19-9-3-8-18-2)20-21-22(10)11-4-6-12(7-5-11)24-15(16)17;/h4-7,15,18H,3,8-9H2,1-2H3,(H,19,23);1H. The van der Waals surface area contributed by atoms with E-state index in [9.17, 15) is 13.6 Å². The van der Waals surface area contributed by atoms with Crippen molar-refractivity contribution in [1.82, 2.24) is 25.6 Å². The van der Waals surface area contributed by atoms with Gasteiger partial charge < -0.3 is 15.4 Å². The normalized spacial score (nSPS) is 10.4. The zero-order valence-electron chi connectivity index (χ0n) is 13.8. The van der Waals surface area contributed by atoms with Crippen LogP contribution in [0.5, 0.6) is 5.75 Å². The molecular weight excluding hydrogens is 356 g/mol. The van der Waals surface area contributed by atoms with Crippen molar-refractivity contribution in [3.05, 3.63) is 35.7 Å². The third-order valence-electron chi connectivity index (χ3n) is 3.31. The number of carbonyl (C=O) groups is 1. The number of nitrogens with one attached hydrogen (secondary N) is 2. The summed E-state index contributed by atoms with van der Waals surface area (Å²) in [4.78, 5) is 12.1. The molecule has 10 heteroatoms. The zero-order valence-corrected chi connectivity index (χ0v) is 14.6. The predicted octanol–water partition coefficient (Wildman–Crippen LogP) is 1.94. The zero-order chi connectivity index (χ0) is 17.5. The molecule has 7 nitrogen and oxygen atoms in total. The van der Waals surface area contributed by atoms with Crippen molar-refractivity contribution in [2.45, 2.75) is 20.0 Å². The first-order chi connectivity index (χ1) is 11.5. The van der Waals surface area contributed by atoms with Gasteiger partial charge in [-0.1, -0.05) is 5.21 Å². The molecule has 1 amide bonds. The lowest BCUT2D eigenvalue weighted by molar-refractivity contribution is -0.0498. The first-order valence-corrected chi connectivity index (χ1v) is 7.43. The van der Waals surface area contributed by atoms with Crippen LogP contribution in [-0.4, -0.2) is 47.6 Å². The van der Waals surface area contributed by atoms with Gasteiger partial charge in [-0.3, -0.25) is 4.79 Å². The lowest BCUT2D eigenvalue weighted by Gasteiger charge is -2.07. The number of ether oxygens (including phenoxy) is 1. The van der Waals surface area contributed by atoms with Gasteiger partial charge in [-0.25, -0.2) is 4.68 Å². The van der Waals surface area contributed by atoms with Gasteiger partial charge in [0.15, 0.2) is 5.69 Å². The molecule has 1 heterocycles. The molecule has 138 valence electrons. The number of hydrogen-bond acceptors (Lipinski definition) is 5. The van der Waals surface area contributed by atoms with Crippen molar-refractivity contribution in [3.8, 4) is 11.4 Å². The van der Waals surface area contributed by atoms with Gasteiger partial charge in [-0.2, -0.15) is 8.78 Å². The summed E-state index contributed by atoms with van der Waals surface area (Å²) in [6.07, 6.45) is 0.807. The van der Waals surface area contributed by atoms with Crippen molar-refractivity contribution in [3.63, 3.8) is 0 Å². The van der Waals surface area contributed by atoms with Gasteiger partial charge in [-0.15, -0.1) is 17.5 Å². The summed E-state index contributed by atoms with van der Waals surface area (Å²) in [6.45, 7) is 0.179. The molecule has 0 bridgehead atoms. The highest BCUT2D eigenvalue weighted by Crippen LogP contribution is 2.18. The van der Waals surface area contributed by atoms with E-state index in [-0.39, 0.29) is 29.8 Å². The maximum absolute atomic E-state index is 12.2. The Labute approximate surface area is 150 Å². The molecule has 0 saturated carbocycles. The van der Waals surface area contributed by atoms with Gasteiger partial charge in [0.25, 0.3) is 5.91 Å². The second-order valence-electron chi connectivity index (χ2n) is 5.02. The van der Waals surface area contributed by atoms with E-state index in [1.54, 1.807) is 19.1 Å².